The summed E-state index contributed by atoms with van der Waals surface area (Å²) in [6.07, 6.45) is 1.82. The van der Waals surface area contributed by atoms with Crippen LogP contribution in [0.4, 0.5) is 0 Å². The van der Waals surface area contributed by atoms with E-state index in [4.69, 9.17) is 0 Å². The Morgan fingerprint density at radius 2 is 1.92 bits per heavy atom. The average Bonchev–Trinajstić information content (AvgIpc) is 3.19. The van der Waals surface area contributed by atoms with Crippen molar-refractivity contribution in [3.63, 3.8) is 0 Å². The number of aryl methyl sites for hydroxylation is 3. The van der Waals surface area contributed by atoms with Crippen molar-refractivity contribution in [3.05, 3.63) is 17.5 Å². The van der Waals surface area contributed by atoms with Crippen molar-refractivity contribution in [2.45, 2.75) is 51.7 Å². The largest absolute Gasteiger partial charge is 0.338 e. The lowest BCUT2D eigenvalue weighted by Crippen LogP contribution is -2.45. The minimum atomic E-state index is -3.42. The van der Waals surface area contributed by atoms with Gasteiger partial charge in [-0.15, -0.1) is 0 Å². The van der Waals surface area contributed by atoms with Crippen molar-refractivity contribution in [2.75, 3.05) is 27.2 Å². The second-order valence-electron chi connectivity index (χ2n) is 7.10. The van der Waals surface area contributed by atoms with Crippen molar-refractivity contribution >= 4 is 16.1 Å². The highest BCUT2D eigenvalue weighted by Gasteiger charge is 2.48. The molecule has 0 aliphatic carbocycles. The first-order valence-electron chi connectivity index (χ1n) is 8.71. The Morgan fingerprint density at radius 1 is 1.24 bits per heavy atom. The Labute approximate surface area is 149 Å². The maximum absolute atomic E-state index is 12.7. The Kier molecular flexibility index (Phi) is 4.91. The Bertz CT molecular complexity index is 758. The van der Waals surface area contributed by atoms with Gasteiger partial charge in [0.25, 0.3) is 10.2 Å². The minimum absolute atomic E-state index is 0.00248. The van der Waals surface area contributed by atoms with Crippen LogP contribution in [0, 0.1) is 13.8 Å². The van der Waals surface area contributed by atoms with E-state index in [0.717, 1.165) is 11.4 Å². The molecule has 8 nitrogen and oxygen atoms in total. The molecule has 3 rings (SSSR count). The van der Waals surface area contributed by atoms with Gasteiger partial charge in [-0.3, -0.25) is 9.48 Å². The monoisotopic (exact) mass is 369 g/mol. The summed E-state index contributed by atoms with van der Waals surface area (Å²) in [6.45, 7) is 5.60. The Hall–Kier alpha value is -1.45. The quantitative estimate of drug-likeness (QED) is 0.751. The van der Waals surface area contributed by atoms with Gasteiger partial charge >= 0.3 is 0 Å². The summed E-state index contributed by atoms with van der Waals surface area (Å²) in [4.78, 5) is 14.6. The molecule has 2 aliphatic heterocycles. The van der Waals surface area contributed by atoms with Crippen LogP contribution < -0.4 is 0 Å². The fourth-order valence-electron chi connectivity index (χ4n) is 4.00. The lowest BCUT2D eigenvalue weighted by Gasteiger charge is -2.27. The molecule has 0 unspecified atom stereocenters. The SMILES string of the molecule is Cc1cc(C)n(CCC(=O)N2CC[C@H]3[C@@H]2CCN3S(=O)(=O)N(C)C)n1. The molecular weight excluding hydrogens is 342 g/mol. The Morgan fingerprint density at radius 3 is 2.52 bits per heavy atom. The van der Waals surface area contributed by atoms with Crippen LogP contribution in [0.5, 0.6) is 0 Å². The maximum Gasteiger partial charge on any atom is 0.281 e. The minimum Gasteiger partial charge on any atom is -0.338 e. The molecule has 1 aromatic rings. The van der Waals surface area contributed by atoms with E-state index in [9.17, 15) is 13.2 Å². The molecule has 0 saturated carbocycles. The van der Waals surface area contributed by atoms with Gasteiger partial charge in [0.2, 0.25) is 5.91 Å². The molecular formula is C16H27N5O3S. The van der Waals surface area contributed by atoms with Gasteiger partial charge in [-0.25, -0.2) is 0 Å². The number of nitrogens with zero attached hydrogens (tertiary/aromatic N) is 5. The number of rotatable bonds is 5. The summed E-state index contributed by atoms with van der Waals surface area (Å²) < 4.78 is 29.6. The average molecular weight is 369 g/mol. The lowest BCUT2D eigenvalue weighted by atomic mass is 10.1. The van der Waals surface area contributed by atoms with Gasteiger partial charge in [0.05, 0.1) is 5.69 Å². The van der Waals surface area contributed by atoms with E-state index < -0.39 is 10.2 Å². The number of hydrogen-bond donors (Lipinski definition) is 0. The van der Waals surface area contributed by atoms with Crippen LogP contribution in [0.3, 0.4) is 0 Å². The molecule has 2 saturated heterocycles. The van der Waals surface area contributed by atoms with E-state index in [2.05, 4.69) is 5.10 Å². The molecule has 0 N–H and O–H groups in total. The molecule has 0 aromatic carbocycles. The van der Waals surface area contributed by atoms with Crippen molar-refractivity contribution in [2.24, 2.45) is 0 Å². The van der Waals surface area contributed by atoms with E-state index in [1.165, 1.54) is 4.31 Å². The topological polar surface area (TPSA) is 78.8 Å². The molecule has 2 aliphatic rings. The summed E-state index contributed by atoms with van der Waals surface area (Å²) in [5.74, 6) is 0.0872. The highest BCUT2D eigenvalue weighted by Crippen LogP contribution is 2.34. The second-order valence-corrected chi connectivity index (χ2v) is 9.20. The Balaban J connectivity index is 1.64. The molecule has 1 amide bonds. The van der Waals surface area contributed by atoms with Gasteiger partial charge in [-0.2, -0.15) is 22.1 Å². The van der Waals surface area contributed by atoms with Gasteiger partial charge in [0.15, 0.2) is 0 Å². The van der Waals surface area contributed by atoms with Crippen molar-refractivity contribution < 1.29 is 13.2 Å². The number of likely N-dealkylation sites (tertiary alicyclic amines) is 1. The molecule has 0 spiro atoms. The molecule has 2 atom stereocenters. The first-order valence-corrected chi connectivity index (χ1v) is 10.1. The molecule has 2 fully saturated rings. The fraction of sp³-hybridized carbons (Fsp3) is 0.750. The molecule has 25 heavy (non-hydrogen) atoms. The zero-order valence-corrected chi connectivity index (χ0v) is 16.2. The third-order valence-corrected chi connectivity index (χ3v) is 7.21. The van der Waals surface area contributed by atoms with E-state index in [1.54, 1.807) is 18.4 Å². The third-order valence-electron chi connectivity index (χ3n) is 5.24. The molecule has 0 radical (unpaired) electrons. The zero-order valence-electron chi connectivity index (χ0n) is 15.3. The van der Waals surface area contributed by atoms with E-state index in [0.29, 0.717) is 38.9 Å². The molecule has 9 heteroatoms. The summed E-state index contributed by atoms with van der Waals surface area (Å²) in [6, 6.07) is 1.91. The second kappa shape index (κ2) is 6.69. The van der Waals surface area contributed by atoms with Crippen molar-refractivity contribution in [1.82, 2.24) is 23.3 Å². The summed E-state index contributed by atoms with van der Waals surface area (Å²) in [5, 5.41) is 4.39. The summed E-state index contributed by atoms with van der Waals surface area (Å²) in [5.41, 5.74) is 2.00. The first-order chi connectivity index (χ1) is 11.7. The van der Waals surface area contributed by atoms with Crippen LogP contribution >= 0.6 is 0 Å². The zero-order chi connectivity index (χ0) is 18.4. The van der Waals surface area contributed by atoms with Crippen LogP contribution in [0.25, 0.3) is 0 Å². The van der Waals surface area contributed by atoms with Gasteiger partial charge < -0.3 is 4.90 Å². The van der Waals surface area contributed by atoms with Crippen LogP contribution in [0.1, 0.15) is 30.7 Å². The highest BCUT2D eigenvalue weighted by molar-refractivity contribution is 7.86. The number of amides is 1. The van der Waals surface area contributed by atoms with Crippen LogP contribution in [0.2, 0.25) is 0 Å². The van der Waals surface area contributed by atoms with E-state index in [-0.39, 0.29) is 18.0 Å². The van der Waals surface area contributed by atoms with Crippen LogP contribution in [-0.2, 0) is 21.5 Å². The molecule has 140 valence electrons. The predicted molar refractivity (Wildman–Crippen MR) is 94.2 cm³/mol. The van der Waals surface area contributed by atoms with Crippen LogP contribution in [-0.4, -0.2) is 76.9 Å². The number of aromatic nitrogens is 2. The van der Waals surface area contributed by atoms with E-state index in [1.807, 2.05) is 29.5 Å². The van der Waals surface area contributed by atoms with E-state index >= 15 is 0 Å². The fourth-order valence-corrected chi connectivity index (χ4v) is 5.34. The standard InChI is InChI=1S/C16H27N5O3S/c1-12-11-13(2)20(17-12)9-7-16(22)19-8-5-15-14(19)6-10-21(15)25(23,24)18(3)4/h11,14-15H,5-10H2,1-4H3/t14-,15-/m0/s1. The summed E-state index contributed by atoms with van der Waals surface area (Å²) >= 11 is 0. The van der Waals surface area contributed by atoms with Gasteiger partial charge in [0.1, 0.15) is 0 Å². The highest BCUT2D eigenvalue weighted by atomic mass is 32.2. The maximum atomic E-state index is 12.7. The molecule has 0 bridgehead atoms. The predicted octanol–water partition coefficient (Wildman–Crippen LogP) is 0.372. The summed E-state index contributed by atoms with van der Waals surface area (Å²) in [7, 11) is -0.322. The number of hydrogen-bond acceptors (Lipinski definition) is 4. The lowest BCUT2D eigenvalue weighted by molar-refractivity contribution is -0.132. The molecule has 1 aromatic heterocycles. The third kappa shape index (κ3) is 3.32. The van der Waals surface area contributed by atoms with Crippen molar-refractivity contribution in [1.29, 1.82) is 0 Å². The number of fused-ring (bicyclic) bond motifs is 1. The van der Waals surface area contributed by atoms with Gasteiger partial charge in [-0.05, 0) is 32.8 Å². The normalized spacial score (nSPS) is 24.3. The van der Waals surface area contributed by atoms with Gasteiger partial charge in [-0.1, -0.05) is 0 Å². The van der Waals surface area contributed by atoms with Gasteiger partial charge in [0, 0.05) is 57.9 Å². The molecule has 3 heterocycles. The smallest absolute Gasteiger partial charge is 0.281 e. The number of carbonyl (C=O) groups excluding carboxylic acids is 1. The van der Waals surface area contributed by atoms with Crippen molar-refractivity contribution in [3.8, 4) is 0 Å². The first kappa shape index (κ1) is 18.3. The van der Waals surface area contributed by atoms with Crippen LogP contribution in [0.15, 0.2) is 6.07 Å². The number of carbonyl (C=O) groups is 1.